The van der Waals surface area contributed by atoms with Crippen molar-refractivity contribution in [2.24, 2.45) is 5.41 Å². The van der Waals surface area contributed by atoms with Gasteiger partial charge in [0.2, 0.25) is 5.91 Å². The molecular formula is C25H37F3N6O3. The Morgan fingerprint density at radius 1 is 1.03 bits per heavy atom. The molecule has 0 aliphatic heterocycles. The molecule has 0 saturated heterocycles. The summed E-state index contributed by atoms with van der Waals surface area (Å²) in [6.45, 7) is 14.8. The van der Waals surface area contributed by atoms with Gasteiger partial charge in [0.15, 0.2) is 5.69 Å². The Morgan fingerprint density at radius 2 is 1.68 bits per heavy atom. The molecule has 0 aliphatic rings. The fourth-order valence-corrected chi connectivity index (χ4v) is 2.71. The van der Waals surface area contributed by atoms with Gasteiger partial charge >= 0.3 is 6.18 Å². The number of carbonyl (C=O) groups is 2. The van der Waals surface area contributed by atoms with Crippen molar-refractivity contribution in [2.75, 3.05) is 0 Å². The van der Waals surface area contributed by atoms with E-state index in [1.54, 1.807) is 18.2 Å². The molecule has 1 aromatic carbocycles. The summed E-state index contributed by atoms with van der Waals surface area (Å²) in [5.41, 5.74) is 3.09. The number of alkyl halides is 3. The average Bonchev–Trinajstić information content (AvgIpc) is 3.46. The minimum absolute atomic E-state index is 0.0939. The number of hydrogen-bond acceptors (Lipinski definition) is 6. The van der Waals surface area contributed by atoms with Gasteiger partial charge in [0.1, 0.15) is 11.5 Å². The average molecular weight is 527 g/mol. The minimum atomic E-state index is -4.36. The van der Waals surface area contributed by atoms with Crippen LogP contribution >= 0.6 is 0 Å². The largest absolute Gasteiger partial charge is 0.389 e. The van der Waals surface area contributed by atoms with Gasteiger partial charge in [0.25, 0.3) is 5.91 Å². The van der Waals surface area contributed by atoms with E-state index in [0.29, 0.717) is 40.0 Å². The molecule has 0 saturated carbocycles. The van der Waals surface area contributed by atoms with Crippen LogP contribution in [0, 0.1) is 5.41 Å². The number of aryl methyl sites for hydroxylation is 1. The van der Waals surface area contributed by atoms with E-state index in [1.165, 1.54) is 0 Å². The van der Waals surface area contributed by atoms with Gasteiger partial charge in [0, 0.05) is 13.0 Å². The summed E-state index contributed by atoms with van der Waals surface area (Å²) in [5, 5.41) is 12.4. The van der Waals surface area contributed by atoms with E-state index in [4.69, 9.17) is 0 Å². The molecule has 2 heterocycles. The van der Waals surface area contributed by atoms with Crippen LogP contribution in [0.2, 0.25) is 0 Å². The third-order valence-electron chi connectivity index (χ3n) is 4.24. The Kier molecular flexibility index (Phi) is 12.2. The lowest BCUT2D eigenvalue weighted by Crippen LogP contribution is -2.24. The van der Waals surface area contributed by atoms with E-state index in [2.05, 4.69) is 63.2 Å². The van der Waals surface area contributed by atoms with E-state index in [0.717, 1.165) is 0 Å². The molecule has 2 amide bonds. The first kappa shape index (κ1) is 31.6. The zero-order valence-corrected chi connectivity index (χ0v) is 22.5. The lowest BCUT2D eigenvalue weighted by atomic mass is 10.0. The highest BCUT2D eigenvalue weighted by Crippen LogP contribution is 2.21. The van der Waals surface area contributed by atoms with Crippen LogP contribution in [-0.2, 0) is 24.3 Å². The second-order valence-corrected chi connectivity index (χ2v) is 9.52. The Morgan fingerprint density at radius 3 is 2.27 bits per heavy atom. The van der Waals surface area contributed by atoms with Crippen LogP contribution in [0.3, 0.4) is 0 Å². The van der Waals surface area contributed by atoms with Crippen molar-refractivity contribution in [3.8, 4) is 0 Å². The normalized spacial score (nSPS) is 11.2. The number of amides is 2. The number of rotatable bonds is 8. The van der Waals surface area contributed by atoms with Gasteiger partial charge in [0.05, 0.1) is 24.0 Å². The number of aromatic amines is 1. The first-order valence-electron chi connectivity index (χ1n) is 12.2. The van der Waals surface area contributed by atoms with Crippen molar-refractivity contribution in [2.45, 2.75) is 87.0 Å². The molecule has 3 N–H and O–H groups in total. The summed E-state index contributed by atoms with van der Waals surface area (Å²) in [4.78, 5) is 31.1. The van der Waals surface area contributed by atoms with E-state index in [-0.39, 0.29) is 18.8 Å². The van der Waals surface area contributed by atoms with E-state index < -0.39 is 30.8 Å². The number of fused-ring (bicyclic) bond motifs is 1. The van der Waals surface area contributed by atoms with Gasteiger partial charge < -0.3 is 15.6 Å². The highest BCUT2D eigenvalue weighted by atomic mass is 19.4. The highest BCUT2D eigenvalue weighted by molar-refractivity contribution is 5.93. The molecule has 2 aromatic heterocycles. The molecule has 0 radical (unpaired) electrons. The van der Waals surface area contributed by atoms with Crippen molar-refractivity contribution in [3.63, 3.8) is 0 Å². The third-order valence-corrected chi connectivity index (χ3v) is 4.24. The van der Waals surface area contributed by atoms with Crippen LogP contribution in [0.25, 0.3) is 11.0 Å². The van der Waals surface area contributed by atoms with Crippen LogP contribution in [0.4, 0.5) is 13.2 Å². The Hall–Kier alpha value is -3.44. The minimum Gasteiger partial charge on any atom is -0.352 e. The Labute approximate surface area is 215 Å². The molecule has 0 aliphatic carbocycles. The monoisotopic (exact) mass is 526 g/mol. The van der Waals surface area contributed by atoms with Gasteiger partial charge in [-0.05, 0) is 34.7 Å². The summed E-state index contributed by atoms with van der Waals surface area (Å²) in [6.07, 6.45) is -5.62. The first-order chi connectivity index (χ1) is 17.2. The lowest BCUT2D eigenvalue weighted by Gasteiger charge is -2.07. The molecule has 0 spiro atoms. The number of aromatic nitrogens is 4. The molecule has 12 heteroatoms. The SMILES string of the molecule is CC.CC(C)(C)C.CCc1nonc1C(=O)NCc1nc2ccc(CNC(=O)CCC(F)(F)F)cc2[nH]1. The molecule has 0 unspecified atom stereocenters. The smallest absolute Gasteiger partial charge is 0.352 e. The fourth-order valence-electron chi connectivity index (χ4n) is 2.71. The number of H-pyrrole nitrogens is 1. The molecule has 3 rings (SSSR count). The van der Waals surface area contributed by atoms with E-state index in [1.807, 2.05) is 20.8 Å². The summed E-state index contributed by atoms with van der Waals surface area (Å²) < 4.78 is 41.0. The summed E-state index contributed by atoms with van der Waals surface area (Å²) >= 11 is 0. The Balaban J connectivity index is 0.000000874. The summed E-state index contributed by atoms with van der Waals surface area (Å²) in [5.74, 6) is -0.607. The maximum atomic E-state index is 12.2. The molecule has 37 heavy (non-hydrogen) atoms. The van der Waals surface area contributed by atoms with Crippen molar-refractivity contribution in [1.29, 1.82) is 0 Å². The third kappa shape index (κ3) is 12.4. The maximum absolute atomic E-state index is 12.2. The van der Waals surface area contributed by atoms with Gasteiger partial charge in [-0.15, -0.1) is 0 Å². The first-order valence-corrected chi connectivity index (χ1v) is 12.2. The summed E-state index contributed by atoms with van der Waals surface area (Å²) in [6, 6.07) is 5.16. The van der Waals surface area contributed by atoms with Crippen molar-refractivity contribution in [3.05, 3.63) is 41.0 Å². The quantitative estimate of drug-likeness (QED) is 0.357. The Bertz CT molecular complexity index is 1130. The molecular weight excluding hydrogens is 489 g/mol. The second-order valence-electron chi connectivity index (χ2n) is 9.52. The van der Waals surface area contributed by atoms with Crippen LogP contribution < -0.4 is 10.6 Å². The van der Waals surface area contributed by atoms with Gasteiger partial charge in [-0.3, -0.25) is 9.59 Å². The van der Waals surface area contributed by atoms with Crippen molar-refractivity contribution in [1.82, 2.24) is 30.9 Å². The van der Waals surface area contributed by atoms with Crippen molar-refractivity contribution >= 4 is 22.8 Å². The predicted molar refractivity (Wildman–Crippen MR) is 135 cm³/mol. The fraction of sp³-hybridized carbons (Fsp3) is 0.560. The zero-order chi connectivity index (χ0) is 28.2. The lowest BCUT2D eigenvalue weighted by molar-refractivity contribution is -0.144. The second kappa shape index (κ2) is 14.3. The van der Waals surface area contributed by atoms with Crippen molar-refractivity contribution < 1.29 is 27.4 Å². The maximum Gasteiger partial charge on any atom is 0.389 e. The zero-order valence-electron chi connectivity index (χ0n) is 22.5. The molecule has 0 atom stereocenters. The van der Waals surface area contributed by atoms with Crippen LogP contribution in [-0.4, -0.2) is 38.3 Å². The number of hydrogen-bond donors (Lipinski definition) is 3. The number of carbonyl (C=O) groups excluding carboxylic acids is 2. The topological polar surface area (TPSA) is 126 Å². The highest BCUT2D eigenvalue weighted by Gasteiger charge is 2.27. The molecule has 9 nitrogen and oxygen atoms in total. The molecule has 0 fully saturated rings. The number of nitrogens with zero attached hydrogens (tertiary/aromatic N) is 3. The molecule has 206 valence electrons. The van der Waals surface area contributed by atoms with Gasteiger partial charge in [-0.25, -0.2) is 9.61 Å². The van der Waals surface area contributed by atoms with E-state index >= 15 is 0 Å². The van der Waals surface area contributed by atoms with E-state index in [9.17, 15) is 22.8 Å². The van der Waals surface area contributed by atoms with Crippen LogP contribution in [0.15, 0.2) is 22.8 Å². The van der Waals surface area contributed by atoms with Gasteiger partial charge in [-0.1, -0.05) is 59.7 Å². The predicted octanol–water partition coefficient (Wildman–Crippen LogP) is 5.48. The number of nitrogens with one attached hydrogen (secondary N) is 3. The number of benzene rings is 1. The van der Waals surface area contributed by atoms with Crippen LogP contribution in [0.1, 0.15) is 88.9 Å². The molecule has 0 bridgehead atoms. The number of imidazole rings is 1. The van der Waals surface area contributed by atoms with Gasteiger partial charge in [-0.2, -0.15) is 13.2 Å². The summed E-state index contributed by atoms with van der Waals surface area (Å²) in [7, 11) is 0. The standard InChI is InChI=1S/C18H19F3N6O3.C5H12.C2H6/c1-2-11-16(27-30-26-11)17(29)23-9-14-24-12-4-3-10(7-13(12)25-14)8-22-15(28)5-6-18(19,20)21;1-5(2,3)4;1-2/h3-4,7H,2,5-6,8-9H2,1H3,(H,22,28)(H,23,29)(H,24,25);1-4H3;1-2H3. The number of halogens is 3. The molecule has 3 aromatic rings. The van der Waals surface area contributed by atoms with Crippen LogP contribution in [0.5, 0.6) is 0 Å².